The Hall–Kier alpha value is -2.03. The van der Waals surface area contributed by atoms with Gasteiger partial charge in [-0.3, -0.25) is 14.5 Å². The van der Waals surface area contributed by atoms with Gasteiger partial charge in [0.05, 0.1) is 23.4 Å². The maximum absolute atomic E-state index is 12.3. The Bertz CT molecular complexity index is 779. The van der Waals surface area contributed by atoms with Crippen molar-refractivity contribution in [1.82, 2.24) is 20.1 Å². The Morgan fingerprint density at radius 1 is 1.19 bits per heavy atom. The molecule has 1 aliphatic heterocycles. The molecule has 8 heteroatoms. The second-order valence-corrected chi connectivity index (χ2v) is 8.18. The molecule has 1 saturated heterocycles. The molecule has 1 aliphatic carbocycles. The lowest BCUT2D eigenvalue weighted by Crippen LogP contribution is -2.52. The van der Waals surface area contributed by atoms with Gasteiger partial charge in [0.1, 0.15) is 11.6 Å². The van der Waals surface area contributed by atoms with Crippen molar-refractivity contribution in [2.45, 2.75) is 25.5 Å². The second-order valence-electron chi connectivity index (χ2n) is 7.07. The summed E-state index contributed by atoms with van der Waals surface area (Å²) >= 11 is 1.59. The van der Waals surface area contributed by atoms with Crippen LogP contribution in [0.2, 0.25) is 0 Å². The average Bonchev–Trinajstić information content (AvgIpc) is 3.38. The third-order valence-corrected chi connectivity index (χ3v) is 5.83. The van der Waals surface area contributed by atoms with Crippen molar-refractivity contribution in [3.8, 4) is 0 Å². The molecule has 2 fully saturated rings. The number of carbonyl (C=O) groups excluding carboxylic acids is 2. The fraction of sp³-hybridized carbons (Fsp3) is 0.526. The first-order chi connectivity index (χ1) is 13.2. The molecule has 2 aromatic rings. The quantitative estimate of drug-likeness (QED) is 0.772. The fourth-order valence-corrected chi connectivity index (χ4v) is 4.06. The van der Waals surface area contributed by atoms with Gasteiger partial charge in [0.25, 0.3) is 0 Å². The van der Waals surface area contributed by atoms with Crippen LogP contribution in [0.4, 0.5) is 0 Å². The lowest BCUT2D eigenvalue weighted by atomic mass is 10.3. The number of hydrogen-bond donors (Lipinski definition) is 1. The average molecular weight is 388 g/mol. The van der Waals surface area contributed by atoms with Crippen molar-refractivity contribution >= 4 is 33.4 Å². The molecule has 0 atom stereocenters. The van der Waals surface area contributed by atoms with E-state index in [9.17, 15) is 9.59 Å². The predicted octanol–water partition coefficient (Wildman–Crippen LogP) is 1.24. The number of fused-ring (bicyclic) bond motifs is 1. The molecule has 0 spiro atoms. The van der Waals surface area contributed by atoms with Gasteiger partial charge in [-0.1, -0.05) is 12.1 Å². The molecule has 1 N–H and O–H groups in total. The third-order valence-electron chi connectivity index (χ3n) is 4.82. The number of piperazine rings is 1. The molecule has 4 rings (SSSR count). The first-order valence-electron chi connectivity index (χ1n) is 9.39. The van der Waals surface area contributed by atoms with E-state index in [0.29, 0.717) is 32.3 Å². The van der Waals surface area contributed by atoms with Crippen molar-refractivity contribution in [3.63, 3.8) is 0 Å². The van der Waals surface area contributed by atoms with E-state index < -0.39 is 0 Å². The number of aromatic nitrogens is 1. The van der Waals surface area contributed by atoms with Crippen molar-refractivity contribution in [2.75, 3.05) is 39.3 Å². The summed E-state index contributed by atoms with van der Waals surface area (Å²) in [6, 6.07) is 8.36. The van der Waals surface area contributed by atoms with Crippen LogP contribution < -0.4 is 5.32 Å². The summed E-state index contributed by atoms with van der Waals surface area (Å²) in [7, 11) is 0. The van der Waals surface area contributed by atoms with Gasteiger partial charge in [0, 0.05) is 32.2 Å². The van der Waals surface area contributed by atoms with E-state index in [1.54, 1.807) is 11.3 Å². The van der Waals surface area contributed by atoms with Gasteiger partial charge in [-0.2, -0.15) is 0 Å². The number of para-hydroxylation sites is 1. The van der Waals surface area contributed by atoms with E-state index in [1.807, 2.05) is 29.2 Å². The van der Waals surface area contributed by atoms with Gasteiger partial charge in [-0.05, 0) is 25.0 Å². The van der Waals surface area contributed by atoms with E-state index >= 15 is 0 Å². The largest absolute Gasteiger partial charge is 0.364 e. The van der Waals surface area contributed by atoms with Crippen LogP contribution in [0.25, 0.3) is 10.2 Å². The van der Waals surface area contributed by atoms with E-state index in [-0.39, 0.29) is 18.4 Å². The molecule has 0 bridgehead atoms. The number of rotatable bonds is 7. The smallest absolute Gasteiger partial charge is 0.248 e. The van der Waals surface area contributed by atoms with Gasteiger partial charge >= 0.3 is 0 Å². The fourth-order valence-electron chi connectivity index (χ4n) is 3.16. The van der Waals surface area contributed by atoms with E-state index in [4.69, 9.17) is 4.74 Å². The minimum Gasteiger partial charge on any atom is -0.364 e. The monoisotopic (exact) mass is 388 g/mol. The van der Waals surface area contributed by atoms with Crippen LogP contribution in [0, 0.1) is 0 Å². The highest BCUT2D eigenvalue weighted by molar-refractivity contribution is 7.18. The first-order valence-corrected chi connectivity index (χ1v) is 10.2. The molecule has 2 heterocycles. The molecular weight excluding hydrogens is 364 g/mol. The number of amides is 2. The Kier molecular flexibility index (Phi) is 5.66. The molecule has 0 radical (unpaired) electrons. The van der Waals surface area contributed by atoms with Gasteiger partial charge in [0.15, 0.2) is 0 Å². The van der Waals surface area contributed by atoms with Crippen LogP contribution in [-0.4, -0.2) is 72.0 Å². The van der Waals surface area contributed by atoms with E-state index in [1.165, 1.54) is 0 Å². The lowest BCUT2D eigenvalue weighted by Gasteiger charge is -2.34. The lowest BCUT2D eigenvalue weighted by molar-refractivity contribution is -0.138. The summed E-state index contributed by atoms with van der Waals surface area (Å²) in [5.74, 6) is 0.0923. The third kappa shape index (κ3) is 5.03. The van der Waals surface area contributed by atoms with Gasteiger partial charge < -0.3 is 15.0 Å². The van der Waals surface area contributed by atoms with Crippen molar-refractivity contribution in [2.24, 2.45) is 0 Å². The van der Waals surface area contributed by atoms with E-state index in [0.717, 1.165) is 41.2 Å². The summed E-state index contributed by atoms with van der Waals surface area (Å²) < 4.78 is 6.71. The Morgan fingerprint density at radius 2 is 1.96 bits per heavy atom. The molecule has 27 heavy (non-hydrogen) atoms. The summed E-state index contributed by atoms with van der Waals surface area (Å²) in [5.41, 5.74) is 0.967. The highest BCUT2D eigenvalue weighted by Gasteiger charge is 2.26. The highest BCUT2D eigenvalue weighted by atomic mass is 32.1. The topological polar surface area (TPSA) is 74.8 Å². The Balaban J connectivity index is 1.16. The minimum absolute atomic E-state index is 0.00167. The van der Waals surface area contributed by atoms with Gasteiger partial charge in [-0.25, -0.2) is 4.98 Å². The zero-order valence-corrected chi connectivity index (χ0v) is 16.0. The van der Waals surface area contributed by atoms with E-state index in [2.05, 4.69) is 15.2 Å². The van der Waals surface area contributed by atoms with Crippen LogP contribution in [0.15, 0.2) is 24.3 Å². The molecule has 144 valence electrons. The maximum atomic E-state index is 12.3. The van der Waals surface area contributed by atoms with Crippen LogP contribution in [-0.2, 0) is 20.9 Å². The zero-order valence-electron chi connectivity index (χ0n) is 15.2. The number of carbonyl (C=O) groups is 2. The zero-order chi connectivity index (χ0) is 18.6. The van der Waals surface area contributed by atoms with Crippen LogP contribution in [0.3, 0.4) is 0 Å². The van der Waals surface area contributed by atoms with Crippen LogP contribution >= 0.6 is 11.3 Å². The van der Waals surface area contributed by atoms with Crippen molar-refractivity contribution < 1.29 is 14.3 Å². The van der Waals surface area contributed by atoms with Crippen molar-refractivity contribution in [3.05, 3.63) is 29.3 Å². The number of thiazole rings is 1. The number of hydrogen-bond acceptors (Lipinski definition) is 6. The van der Waals surface area contributed by atoms with Gasteiger partial charge in [-0.15, -0.1) is 11.3 Å². The highest BCUT2D eigenvalue weighted by Crippen LogP contribution is 2.22. The number of nitrogens with one attached hydrogen (secondary N) is 1. The van der Waals surface area contributed by atoms with Crippen LogP contribution in [0.5, 0.6) is 0 Å². The van der Waals surface area contributed by atoms with Gasteiger partial charge in [0.2, 0.25) is 11.8 Å². The number of ether oxygens (including phenoxy) is 1. The maximum Gasteiger partial charge on any atom is 0.248 e. The SMILES string of the molecule is O=C(CN1CCN(C(=O)COCc2nc3ccccc3s2)CC1)NC1CC1. The molecular formula is C19H24N4O3S. The molecule has 2 amide bonds. The number of benzene rings is 1. The summed E-state index contributed by atoms with van der Waals surface area (Å²) in [6.45, 7) is 3.57. The normalized spacial score (nSPS) is 18.0. The molecule has 7 nitrogen and oxygen atoms in total. The Morgan fingerprint density at radius 3 is 2.70 bits per heavy atom. The molecule has 1 saturated carbocycles. The number of nitrogens with zero attached hydrogens (tertiary/aromatic N) is 3. The minimum atomic E-state index is -0.00167. The molecule has 0 unspecified atom stereocenters. The molecule has 1 aromatic heterocycles. The summed E-state index contributed by atoms with van der Waals surface area (Å²) in [6.07, 6.45) is 2.20. The standard InChI is InChI=1S/C19H24N4O3S/c24-17(20-14-5-6-14)11-22-7-9-23(10-8-22)19(25)13-26-12-18-21-15-3-1-2-4-16(15)27-18/h1-4,14H,5-13H2,(H,20,24). The summed E-state index contributed by atoms with van der Waals surface area (Å²) in [5, 5.41) is 3.89. The first kappa shape index (κ1) is 18.3. The molecule has 1 aromatic carbocycles. The predicted molar refractivity (Wildman–Crippen MR) is 103 cm³/mol. The second kappa shape index (κ2) is 8.33. The summed E-state index contributed by atoms with van der Waals surface area (Å²) in [4.78, 5) is 32.6. The van der Waals surface area contributed by atoms with Crippen molar-refractivity contribution in [1.29, 1.82) is 0 Å². The Labute approximate surface area is 162 Å². The van der Waals surface area contributed by atoms with Crippen LogP contribution in [0.1, 0.15) is 17.8 Å². The molecule has 2 aliphatic rings.